The van der Waals surface area contributed by atoms with Crippen LogP contribution in [0.2, 0.25) is 0 Å². The molecule has 3 rings (SSSR count). The van der Waals surface area contributed by atoms with Gasteiger partial charge in [0.1, 0.15) is 5.54 Å². The van der Waals surface area contributed by atoms with Crippen molar-refractivity contribution >= 4 is 23.4 Å². The number of likely N-dealkylation sites (tertiary alicyclic amines) is 1. The highest BCUT2D eigenvalue weighted by molar-refractivity contribution is 6.07. The monoisotopic (exact) mass is 401 g/mol. The number of nitrogens with two attached hydrogens (primary N) is 1. The summed E-state index contributed by atoms with van der Waals surface area (Å²) in [5, 5.41) is 0. The highest BCUT2D eigenvalue weighted by atomic mass is 16.5. The molecule has 1 saturated heterocycles. The minimum Gasteiger partial charge on any atom is -0.383 e. The Hall–Kier alpha value is -2.41. The quantitative estimate of drug-likeness (QED) is 0.675. The number of carbonyl (C=O) groups excluding carboxylic acids is 3. The lowest BCUT2D eigenvalue weighted by molar-refractivity contribution is -0.144. The van der Waals surface area contributed by atoms with Gasteiger partial charge in [0.15, 0.2) is 0 Å². The molecule has 2 aliphatic rings. The SMILES string of the molecule is CCCCCC(=O)N1C[C@H](C(N)=O)[C@H]2c3ccccc3N(CCOC)C(=O)[C@]21C. The molecule has 0 saturated carbocycles. The van der Waals surface area contributed by atoms with Crippen LogP contribution in [0.1, 0.15) is 51.0 Å². The molecule has 2 aliphatic heterocycles. The Labute approximate surface area is 172 Å². The third kappa shape index (κ3) is 3.52. The van der Waals surface area contributed by atoms with Gasteiger partial charge in [0, 0.05) is 38.2 Å². The third-order valence-corrected chi connectivity index (χ3v) is 6.37. The largest absolute Gasteiger partial charge is 0.383 e. The summed E-state index contributed by atoms with van der Waals surface area (Å²) in [7, 11) is 1.59. The van der Waals surface area contributed by atoms with Gasteiger partial charge in [-0.05, 0) is 25.0 Å². The number of hydrogen-bond donors (Lipinski definition) is 1. The number of benzene rings is 1. The molecule has 1 aromatic carbocycles. The summed E-state index contributed by atoms with van der Waals surface area (Å²) in [6.45, 7) is 4.81. The number of para-hydroxylation sites is 1. The van der Waals surface area contributed by atoms with Crippen molar-refractivity contribution < 1.29 is 19.1 Å². The number of rotatable bonds is 8. The van der Waals surface area contributed by atoms with Gasteiger partial charge in [-0.25, -0.2) is 0 Å². The first kappa shape index (κ1) is 21.3. The minimum absolute atomic E-state index is 0.0888. The predicted octanol–water partition coefficient (Wildman–Crippen LogP) is 2.05. The molecule has 0 bridgehead atoms. The first-order valence-electron chi connectivity index (χ1n) is 10.4. The zero-order valence-electron chi connectivity index (χ0n) is 17.5. The van der Waals surface area contributed by atoms with Gasteiger partial charge in [-0.1, -0.05) is 38.0 Å². The van der Waals surface area contributed by atoms with Gasteiger partial charge in [-0.3, -0.25) is 14.4 Å². The van der Waals surface area contributed by atoms with Crippen molar-refractivity contribution in [1.82, 2.24) is 4.90 Å². The first-order valence-corrected chi connectivity index (χ1v) is 10.4. The molecule has 2 heterocycles. The Balaban J connectivity index is 2.07. The normalized spacial score (nSPS) is 25.7. The second-order valence-corrected chi connectivity index (χ2v) is 8.10. The highest BCUT2D eigenvalue weighted by Crippen LogP contribution is 2.52. The molecular weight excluding hydrogens is 370 g/mol. The average Bonchev–Trinajstić information content (AvgIpc) is 3.03. The maximum absolute atomic E-state index is 13.7. The topological polar surface area (TPSA) is 92.9 Å². The zero-order chi connectivity index (χ0) is 21.2. The van der Waals surface area contributed by atoms with Crippen molar-refractivity contribution in [2.24, 2.45) is 11.7 Å². The van der Waals surface area contributed by atoms with Crippen LogP contribution in [-0.4, -0.2) is 55.0 Å². The van der Waals surface area contributed by atoms with E-state index in [1.165, 1.54) is 0 Å². The molecule has 7 nitrogen and oxygen atoms in total. The fourth-order valence-corrected chi connectivity index (χ4v) is 4.88. The van der Waals surface area contributed by atoms with Crippen LogP contribution in [0.4, 0.5) is 5.69 Å². The number of fused-ring (bicyclic) bond motifs is 3. The number of nitrogens with zero attached hydrogens (tertiary/aromatic N) is 2. The van der Waals surface area contributed by atoms with E-state index < -0.39 is 23.3 Å². The van der Waals surface area contributed by atoms with Crippen LogP contribution in [0.5, 0.6) is 0 Å². The summed E-state index contributed by atoms with van der Waals surface area (Å²) in [5.41, 5.74) is 6.26. The van der Waals surface area contributed by atoms with Crippen LogP contribution in [-0.2, 0) is 19.1 Å². The lowest BCUT2D eigenvalue weighted by Gasteiger charge is -2.46. The van der Waals surface area contributed by atoms with Gasteiger partial charge < -0.3 is 20.3 Å². The Morgan fingerprint density at radius 1 is 1.28 bits per heavy atom. The van der Waals surface area contributed by atoms with Crippen LogP contribution in [0, 0.1) is 5.92 Å². The van der Waals surface area contributed by atoms with Gasteiger partial charge in [0.05, 0.1) is 12.5 Å². The van der Waals surface area contributed by atoms with E-state index in [-0.39, 0.29) is 18.4 Å². The van der Waals surface area contributed by atoms with Crippen LogP contribution in [0.25, 0.3) is 0 Å². The van der Waals surface area contributed by atoms with E-state index in [1.807, 2.05) is 24.3 Å². The van der Waals surface area contributed by atoms with Crippen LogP contribution in [0.15, 0.2) is 24.3 Å². The molecule has 0 radical (unpaired) electrons. The molecule has 7 heteroatoms. The van der Waals surface area contributed by atoms with Crippen LogP contribution < -0.4 is 10.6 Å². The Kier molecular flexibility index (Phi) is 6.27. The second-order valence-electron chi connectivity index (χ2n) is 8.10. The average molecular weight is 402 g/mol. The van der Waals surface area contributed by atoms with E-state index in [2.05, 4.69) is 6.92 Å². The number of unbranched alkanes of at least 4 members (excludes halogenated alkanes) is 2. The third-order valence-electron chi connectivity index (χ3n) is 6.37. The summed E-state index contributed by atoms with van der Waals surface area (Å²) in [6, 6.07) is 7.58. The number of anilines is 1. The molecule has 3 atom stereocenters. The molecule has 0 aliphatic carbocycles. The molecule has 1 aromatic rings. The first-order chi connectivity index (χ1) is 13.9. The predicted molar refractivity (Wildman–Crippen MR) is 110 cm³/mol. The molecule has 1 fully saturated rings. The number of hydrogen-bond acceptors (Lipinski definition) is 4. The zero-order valence-corrected chi connectivity index (χ0v) is 17.5. The summed E-state index contributed by atoms with van der Waals surface area (Å²) in [6.07, 6.45) is 3.10. The van der Waals surface area contributed by atoms with E-state index in [4.69, 9.17) is 10.5 Å². The van der Waals surface area contributed by atoms with Crippen LogP contribution >= 0.6 is 0 Å². The number of methoxy groups -OCH3 is 1. The Morgan fingerprint density at radius 2 is 2.00 bits per heavy atom. The summed E-state index contributed by atoms with van der Waals surface area (Å²) in [5.74, 6) is -1.78. The molecule has 2 N–H and O–H groups in total. The van der Waals surface area contributed by atoms with Gasteiger partial charge >= 0.3 is 0 Å². The van der Waals surface area contributed by atoms with Crippen molar-refractivity contribution in [2.45, 2.75) is 51.0 Å². The molecule has 0 spiro atoms. The van der Waals surface area contributed by atoms with E-state index >= 15 is 0 Å². The molecular formula is C22H31N3O4. The van der Waals surface area contributed by atoms with Crippen molar-refractivity contribution in [2.75, 3.05) is 31.7 Å². The van der Waals surface area contributed by atoms with E-state index in [0.717, 1.165) is 30.5 Å². The Morgan fingerprint density at radius 3 is 2.66 bits per heavy atom. The highest BCUT2D eigenvalue weighted by Gasteiger charge is 2.62. The van der Waals surface area contributed by atoms with Gasteiger partial charge in [-0.15, -0.1) is 0 Å². The summed E-state index contributed by atoms with van der Waals surface area (Å²) in [4.78, 5) is 42.5. The summed E-state index contributed by atoms with van der Waals surface area (Å²) < 4.78 is 5.20. The lowest BCUT2D eigenvalue weighted by Crippen LogP contribution is -2.62. The fraction of sp³-hybridized carbons (Fsp3) is 0.591. The lowest BCUT2D eigenvalue weighted by atomic mass is 9.72. The molecule has 0 unspecified atom stereocenters. The summed E-state index contributed by atoms with van der Waals surface area (Å²) >= 11 is 0. The van der Waals surface area contributed by atoms with Crippen molar-refractivity contribution in [3.05, 3.63) is 29.8 Å². The molecule has 29 heavy (non-hydrogen) atoms. The maximum Gasteiger partial charge on any atom is 0.253 e. The number of amides is 3. The smallest absolute Gasteiger partial charge is 0.253 e. The Bertz CT molecular complexity index is 796. The minimum atomic E-state index is -1.13. The van der Waals surface area contributed by atoms with E-state index in [1.54, 1.807) is 23.8 Å². The standard InChI is InChI=1S/C22H31N3O4/c1-4-5-6-11-18(26)25-14-16(20(23)27)19-15-9-7-8-10-17(15)24(12-13-29-3)21(28)22(19,25)2/h7-10,16,19H,4-6,11-14H2,1-3H3,(H2,23,27)/t16-,19+,22-/m0/s1. The van der Waals surface area contributed by atoms with E-state index in [9.17, 15) is 14.4 Å². The molecule has 3 amide bonds. The fourth-order valence-electron chi connectivity index (χ4n) is 4.88. The molecule has 158 valence electrons. The maximum atomic E-state index is 13.7. The molecule has 0 aromatic heterocycles. The number of ether oxygens (including phenoxy) is 1. The van der Waals surface area contributed by atoms with Crippen molar-refractivity contribution in [1.29, 1.82) is 0 Å². The van der Waals surface area contributed by atoms with Crippen molar-refractivity contribution in [3.8, 4) is 0 Å². The number of carbonyl (C=O) groups is 3. The number of primary amides is 1. The van der Waals surface area contributed by atoms with E-state index in [0.29, 0.717) is 19.6 Å². The van der Waals surface area contributed by atoms with Crippen LogP contribution in [0.3, 0.4) is 0 Å². The van der Waals surface area contributed by atoms with Gasteiger partial charge in [-0.2, -0.15) is 0 Å². The van der Waals surface area contributed by atoms with Gasteiger partial charge in [0.2, 0.25) is 11.8 Å². The van der Waals surface area contributed by atoms with Gasteiger partial charge in [0.25, 0.3) is 5.91 Å². The van der Waals surface area contributed by atoms with Crippen molar-refractivity contribution in [3.63, 3.8) is 0 Å². The second kappa shape index (κ2) is 8.53.